The second-order valence-electron chi connectivity index (χ2n) is 6.42. The fourth-order valence-electron chi connectivity index (χ4n) is 1.78. The van der Waals surface area contributed by atoms with Crippen LogP contribution in [0.3, 0.4) is 0 Å². The van der Waals surface area contributed by atoms with Gasteiger partial charge in [0.25, 0.3) is 0 Å². The van der Waals surface area contributed by atoms with Crippen molar-refractivity contribution >= 4 is 11.3 Å². The SMILES string of the molecule is CCCNC(CC)c1nnc(CC(C)C(C)(C)C)s1. The highest BCUT2D eigenvalue weighted by Crippen LogP contribution is 2.30. The molecule has 2 atom stereocenters. The minimum Gasteiger partial charge on any atom is -0.308 e. The summed E-state index contributed by atoms with van der Waals surface area (Å²) < 4.78 is 0. The summed E-state index contributed by atoms with van der Waals surface area (Å²) in [6.45, 7) is 14.6. The molecule has 1 rings (SSSR count). The third kappa shape index (κ3) is 5.19. The first-order valence-electron chi connectivity index (χ1n) is 7.44. The maximum atomic E-state index is 4.38. The number of nitrogens with zero attached hydrogens (tertiary/aromatic N) is 2. The van der Waals surface area contributed by atoms with Gasteiger partial charge in [-0.05, 0) is 30.7 Å². The molecule has 2 unspecified atom stereocenters. The highest BCUT2D eigenvalue weighted by atomic mass is 32.1. The van der Waals surface area contributed by atoms with Crippen LogP contribution in [-0.2, 0) is 6.42 Å². The van der Waals surface area contributed by atoms with E-state index >= 15 is 0 Å². The van der Waals surface area contributed by atoms with Crippen molar-refractivity contribution < 1.29 is 0 Å². The molecule has 0 aliphatic rings. The maximum absolute atomic E-state index is 4.38. The highest BCUT2D eigenvalue weighted by Gasteiger charge is 2.22. The molecule has 0 amide bonds. The van der Waals surface area contributed by atoms with Crippen LogP contribution >= 0.6 is 11.3 Å². The fraction of sp³-hybridized carbons (Fsp3) is 0.867. The quantitative estimate of drug-likeness (QED) is 0.814. The van der Waals surface area contributed by atoms with Crippen LogP contribution in [0.1, 0.15) is 70.4 Å². The molecule has 110 valence electrons. The van der Waals surface area contributed by atoms with Crippen LogP contribution in [0.4, 0.5) is 0 Å². The molecule has 0 aromatic carbocycles. The van der Waals surface area contributed by atoms with Gasteiger partial charge in [-0.15, -0.1) is 10.2 Å². The average molecular weight is 283 g/mol. The third-order valence-electron chi connectivity index (χ3n) is 3.79. The smallest absolute Gasteiger partial charge is 0.134 e. The first kappa shape index (κ1) is 16.6. The van der Waals surface area contributed by atoms with Gasteiger partial charge in [-0.3, -0.25) is 0 Å². The molecule has 0 fully saturated rings. The summed E-state index contributed by atoms with van der Waals surface area (Å²) in [6.07, 6.45) is 3.26. The van der Waals surface area contributed by atoms with Crippen LogP contribution in [0.2, 0.25) is 0 Å². The molecular weight excluding hydrogens is 254 g/mol. The molecule has 1 heterocycles. The van der Waals surface area contributed by atoms with Crippen molar-refractivity contribution in [2.75, 3.05) is 6.54 Å². The Bertz CT molecular complexity index is 368. The Hall–Kier alpha value is -0.480. The van der Waals surface area contributed by atoms with Gasteiger partial charge in [0.05, 0.1) is 6.04 Å². The third-order valence-corrected chi connectivity index (χ3v) is 4.85. The molecule has 1 aromatic heterocycles. The van der Waals surface area contributed by atoms with Crippen LogP contribution in [0, 0.1) is 11.3 Å². The molecule has 0 spiro atoms. The lowest BCUT2D eigenvalue weighted by atomic mass is 9.80. The minimum atomic E-state index is 0.330. The Morgan fingerprint density at radius 3 is 2.42 bits per heavy atom. The van der Waals surface area contributed by atoms with Gasteiger partial charge in [-0.1, -0.05) is 52.9 Å². The lowest BCUT2D eigenvalue weighted by molar-refractivity contribution is 0.259. The van der Waals surface area contributed by atoms with E-state index in [-0.39, 0.29) is 0 Å². The number of rotatable bonds is 7. The first-order chi connectivity index (χ1) is 8.88. The molecule has 3 nitrogen and oxygen atoms in total. The average Bonchev–Trinajstić information content (AvgIpc) is 2.77. The van der Waals surface area contributed by atoms with Crippen molar-refractivity contribution in [2.24, 2.45) is 11.3 Å². The Balaban J connectivity index is 2.65. The molecule has 0 bridgehead atoms. The molecule has 0 saturated carbocycles. The molecule has 0 saturated heterocycles. The highest BCUT2D eigenvalue weighted by molar-refractivity contribution is 7.11. The molecule has 19 heavy (non-hydrogen) atoms. The molecule has 1 aromatic rings. The summed E-state index contributed by atoms with van der Waals surface area (Å²) in [6, 6.07) is 0.371. The van der Waals surface area contributed by atoms with Crippen LogP contribution in [0.25, 0.3) is 0 Å². The van der Waals surface area contributed by atoms with Gasteiger partial charge >= 0.3 is 0 Å². The topological polar surface area (TPSA) is 37.8 Å². The van der Waals surface area contributed by atoms with Gasteiger partial charge < -0.3 is 5.32 Å². The van der Waals surface area contributed by atoms with E-state index in [9.17, 15) is 0 Å². The molecule has 0 aliphatic heterocycles. The molecule has 0 radical (unpaired) electrons. The predicted octanol–water partition coefficient (Wildman–Crippen LogP) is 4.21. The van der Waals surface area contributed by atoms with Crippen LogP contribution in [0.15, 0.2) is 0 Å². The van der Waals surface area contributed by atoms with Gasteiger partial charge in [-0.25, -0.2) is 0 Å². The number of nitrogens with one attached hydrogen (secondary N) is 1. The second-order valence-corrected chi connectivity index (χ2v) is 7.51. The van der Waals surface area contributed by atoms with Crippen LogP contribution in [0.5, 0.6) is 0 Å². The standard InChI is InChI=1S/C15H29N3S/c1-7-9-16-12(8-2)14-18-17-13(19-14)10-11(3)15(4,5)6/h11-12,16H,7-10H2,1-6H3. The second kappa shape index (κ2) is 7.34. The largest absolute Gasteiger partial charge is 0.308 e. The van der Waals surface area contributed by atoms with E-state index in [4.69, 9.17) is 0 Å². The van der Waals surface area contributed by atoms with E-state index in [1.807, 2.05) is 0 Å². The normalized spacial score (nSPS) is 15.5. The van der Waals surface area contributed by atoms with Crippen molar-refractivity contribution in [3.63, 3.8) is 0 Å². The predicted molar refractivity (Wildman–Crippen MR) is 83.6 cm³/mol. The van der Waals surface area contributed by atoms with Crippen molar-refractivity contribution in [3.8, 4) is 0 Å². The van der Waals surface area contributed by atoms with E-state index in [1.54, 1.807) is 11.3 Å². The number of aromatic nitrogens is 2. The fourth-order valence-corrected chi connectivity index (χ4v) is 2.91. The Labute approximate surface area is 122 Å². The summed E-state index contributed by atoms with van der Waals surface area (Å²) in [7, 11) is 0. The lowest BCUT2D eigenvalue weighted by Crippen LogP contribution is -2.21. The van der Waals surface area contributed by atoms with E-state index in [1.165, 1.54) is 5.01 Å². The molecule has 4 heteroatoms. The van der Waals surface area contributed by atoms with E-state index < -0.39 is 0 Å². The Morgan fingerprint density at radius 2 is 1.89 bits per heavy atom. The molecule has 0 aliphatic carbocycles. The van der Waals surface area contributed by atoms with Gasteiger partial charge in [0.2, 0.25) is 0 Å². The molecule has 1 N–H and O–H groups in total. The van der Waals surface area contributed by atoms with Gasteiger partial charge in [0.15, 0.2) is 0 Å². The Morgan fingerprint density at radius 1 is 1.21 bits per heavy atom. The van der Waals surface area contributed by atoms with Crippen molar-refractivity contribution in [1.82, 2.24) is 15.5 Å². The molecular formula is C15H29N3S. The van der Waals surface area contributed by atoms with Crippen LogP contribution < -0.4 is 5.32 Å². The number of hydrogen-bond acceptors (Lipinski definition) is 4. The van der Waals surface area contributed by atoms with Crippen LogP contribution in [-0.4, -0.2) is 16.7 Å². The zero-order chi connectivity index (χ0) is 14.5. The van der Waals surface area contributed by atoms with Gasteiger partial charge in [0.1, 0.15) is 10.0 Å². The van der Waals surface area contributed by atoms with E-state index in [0.29, 0.717) is 17.4 Å². The summed E-state index contributed by atoms with van der Waals surface area (Å²) in [4.78, 5) is 0. The van der Waals surface area contributed by atoms with Gasteiger partial charge in [0, 0.05) is 6.42 Å². The van der Waals surface area contributed by atoms with Crippen molar-refractivity contribution in [2.45, 2.75) is 66.8 Å². The number of hydrogen-bond donors (Lipinski definition) is 1. The summed E-state index contributed by atoms with van der Waals surface area (Å²) >= 11 is 1.78. The summed E-state index contributed by atoms with van der Waals surface area (Å²) in [5, 5.41) is 14.6. The lowest BCUT2D eigenvalue weighted by Gasteiger charge is -2.26. The first-order valence-corrected chi connectivity index (χ1v) is 8.25. The summed E-state index contributed by atoms with van der Waals surface area (Å²) in [5.74, 6) is 0.622. The van der Waals surface area contributed by atoms with E-state index in [2.05, 4.69) is 57.1 Å². The Kier molecular flexibility index (Phi) is 6.40. The zero-order valence-electron chi connectivity index (χ0n) is 13.3. The van der Waals surface area contributed by atoms with Crippen molar-refractivity contribution in [1.29, 1.82) is 0 Å². The maximum Gasteiger partial charge on any atom is 0.134 e. The van der Waals surface area contributed by atoms with Gasteiger partial charge in [-0.2, -0.15) is 0 Å². The van der Waals surface area contributed by atoms with Crippen molar-refractivity contribution in [3.05, 3.63) is 10.0 Å². The summed E-state index contributed by atoms with van der Waals surface area (Å²) in [5.41, 5.74) is 0.330. The minimum absolute atomic E-state index is 0.330. The van der Waals surface area contributed by atoms with E-state index in [0.717, 1.165) is 30.8 Å². The monoisotopic (exact) mass is 283 g/mol. The zero-order valence-corrected chi connectivity index (χ0v) is 14.1.